The van der Waals surface area contributed by atoms with Gasteiger partial charge in [0.25, 0.3) is 0 Å². The van der Waals surface area contributed by atoms with Crippen LogP contribution in [0.15, 0.2) is 12.5 Å². The standard InChI is InChI=1S/C10H13IN4O/c11-8-5-12-7-14-10(8)13-6-9(16)15-3-1-2-4-15/h5,7H,1-4,6H2,(H,12,13,14). The van der Waals surface area contributed by atoms with Crippen molar-refractivity contribution < 1.29 is 4.79 Å². The highest BCUT2D eigenvalue weighted by Gasteiger charge is 2.17. The molecule has 1 fully saturated rings. The molecule has 1 amide bonds. The topological polar surface area (TPSA) is 58.1 Å². The lowest BCUT2D eigenvalue weighted by molar-refractivity contribution is -0.128. The Labute approximate surface area is 108 Å². The van der Waals surface area contributed by atoms with Crippen LogP contribution in [-0.4, -0.2) is 40.4 Å². The van der Waals surface area contributed by atoms with Gasteiger partial charge < -0.3 is 10.2 Å². The Morgan fingerprint density at radius 1 is 1.50 bits per heavy atom. The van der Waals surface area contributed by atoms with Crippen LogP contribution in [0, 0.1) is 3.57 Å². The van der Waals surface area contributed by atoms with E-state index in [0.717, 1.165) is 35.3 Å². The maximum atomic E-state index is 11.7. The zero-order chi connectivity index (χ0) is 11.4. The molecule has 1 N–H and O–H groups in total. The van der Waals surface area contributed by atoms with E-state index >= 15 is 0 Å². The van der Waals surface area contributed by atoms with Crippen molar-refractivity contribution in [2.45, 2.75) is 12.8 Å². The largest absolute Gasteiger partial charge is 0.360 e. The van der Waals surface area contributed by atoms with Crippen molar-refractivity contribution in [2.75, 3.05) is 25.0 Å². The fraction of sp³-hybridized carbons (Fsp3) is 0.500. The van der Waals surface area contributed by atoms with Crippen LogP contribution in [0.4, 0.5) is 5.82 Å². The summed E-state index contributed by atoms with van der Waals surface area (Å²) in [7, 11) is 0. The van der Waals surface area contributed by atoms with Crippen LogP contribution in [0.25, 0.3) is 0 Å². The van der Waals surface area contributed by atoms with E-state index in [1.54, 1.807) is 6.20 Å². The minimum atomic E-state index is 0.145. The van der Waals surface area contributed by atoms with Gasteiger partial charge in [0.15, 0.2) is 0 Å². The molecule has 1 aromatic heterocycles. The molecule has 0 saturated carbocycles. The van der Waals surface area contributed by atoms with Crippen LogP contribution in [0.2, 0.25) is 0 Å². The molecule has 0 unspecified atom stereocenters. The molecule has 16 heavy (non-hydrogen) atoms. The quantitative estimate of drug-likeness (QED) is 0.843. The number of likely N-dealkylation sites (tertiary alicyclic amines) is 1. The van der Waals surface area contributed by atoms with Crippen LogP contribution >= 0.6 is 22.6 Å². The number of carbonyl (C=O) groups is 1. The van der Waals surface area contributed by atoms with E-state index < -0.39 is 0 Å². The van der Waals surface area contributed by atoms with Crippen molar-refractivity contribution in [1.29, 1.82) is 0 Å². The van der Waals surface area contributed by atoms with Crippen molar-refractivity contribution in [3.05, 3.63) is 16.1 Å². The van der Waals surface area contributed by atoms with Crippen molar-refractivity contribution in [1.82, 2.24) is 14.9 Å². The van der Waals surface area contributed by atoms with Gasteiger partial charge >= 0.3 is 0 Å². The van der Waals surface area contributed by atoms with Gasteiger partial charge in [-0.15, -0.1) is 0 Å². The molecule has 2 heterocycles. The summed E-state index contributed by atoms with van der Waals surface area (Å²) in [4.78, 5) is 21.6. The van der Waals surface area contributed by atoms with Crippen molar-refractivity contribution in [3.63, 3.8) is 0 Å². The molecule has 0 radical (unpaired) electrons. The molecule has 6 heteroatoms. The molecule has 0 atom stereocenters. The lowest BCUT2D eigenvalue weighted by Gasteiger charge is -2.15. The van der Waals surface area contributed by atoms with Crippen molar-refractivity contribution in [2.24, 2.45) is 0 Å². The molecular weight excluding hydrogens is 319 g/mol. The van der Waals surface area contributed by atoms with E-state index in [0.29, 0.717) is 6.54 Å². The first kappa shape index (κ1) is 11.6. The number of hydrogen-bond acceptors (Lipinski definition) is 4. The molecule has 1 aromatic rings. The van der Waals surface area contributed by atoms with Gasteiger partial charge in [0, 0.05) is 19.3 Å². The van der Waals surface area contributed by atoms with Gasteiger partial charge in [-0.3, -0.25) is 4.79 Å². The number of nitrogens with one attached hydrogen (secondary N) is 1. The molecule has 86 valence electrons. The number of aromatic nitrogens is 2. The van der Waals surface area contributed by atoms with E-state index in [-0.39, 0.29) is 5.91 Å². The molecule has 1 aliphatic rings. The summed E-state index contributed by atoms with van der Waals surface area (Å²) in [5.74, 6) is 0.870. The molecular formula is C10H13IN4O. The van der Waals surface area contributed by atoms with Gasteiger partial charge in [-0.2, -0.15) is 0 Å². The van der Waals surface area contributed by atoms with Crippen LogP contribution in [0.3, 0.4) is 0 Å². The monoisotopic (exact) mass is 332 g/mol. The Kier molecular flexibility index (Phi) is 3.92. The number of anilines is 1. The fourth-order valence-electron chi connectivity index (χ4n) is 1.68. The maximum Gasteiger partial charge on any atom is 0.241 e. The van der Waals surface area contributed by atoms with Gasteiger partial charge in [-0.1, -0.05) is 0 Å². The average Bonchev–Trinajstić information content (AvgIpc) is 2.81. The second-order valence-electron chi connectivity index (χ2n) is 3.66. The number of hydrogen-bond donors (Lipinski definition) is 1. The van der Waals surface area contributed by atoms with Crippen LogP contribution < -0.4 is 5.32 Å². The minimum Gasteiger partial charge on any atom is -0.360 e. The van der Waals surface area contributed by atoms with Gasteiger partial charge in [0.2, 0.25) is 5.91 Å². The number of rotatable bonds is 3. The highest BCUT2D eigenvalue weighted by molar-refractivity contribution is 14.1. The number of amides is 1. The van der Waals surface area contributed by atoms with Crippen LogP contribution in [0.1, 0.15) is 12.8 Å². The molecule has 5 nitrogen and oxygen atoms in total. The molecule has 0 aromatic carbocycles. The van der Waals surface area contributed by atoms with E-state index in [1.165, 1.54) is 6.33 Å². The van der Waals surface area contributed by atoms with E-state index in [9.17, 15) is 4.79 Å². The summed E-state index contributed by atoms with van der Waals surface area (Å²) in [6, 6.07) is 0. The average molecular weight is 332 g/mol. The predicted octanol–water partition coefficient (Wildman–Crippen LogP) is 1.12. The van der Waals surface area contributed by atoms with E-state index in [4.69, 9.17) is 0 Å². The summed E-state index contributed by atoms with van der Waals surface area (Å²) >= 11 is 2.14. The van der Waals surface area contributed by atoms with Gasteiger partial charge in [-0.05, 0) is 35.4 Å². The SMILES string of the molecule is O=C(CNc1ncncc1I)N1CCCC1. The Balaban J connectivity index is 1.87. The summed E-state index contributed by atoms with van der Waals surface area (Å²) in [5, 5.41) is 3.04. The van der Waals surface area contributed by atoms with Crippen molar-refractivity contribution >= 4 is 34.3 Å². The molecule has 0 bridgehead atoms. The molecule has 0 aliphatic carbocycles. The first-order valence-electron chi connectivity index (χ1n) is 5.24. The maximum absolute atomic E-state index is 11.7. The number of nitrogens with zero attached hydrogens (tertiary/aromatic N) is 3. The number of carbonyl (C=O) groups excluding carboxylic acids is 1. The Hall–Kier alpha value is -0.920. The highest BCUT2D eigenvalue weighted by Crippen LogP contribution is 2.12. The van der Waals surface area contributed by atoms with Gasteiger partial charge in [0.1, 0.15) is 12.1 Å². The number of halogens is 1. The first-order chi connectivity index (χ1) is 7.77. The lowest BCUT2D eigenvalue weighted by Crippen LogP contribution is -2.33. The van der Waals surface area contributed by atoms with Crippen molar-refractivity contribution in [3.8, 4) is 0 Å². The minimum absolute atomic E-state index is 0.145. The summed E-state index contributed by atoms with van der Waals surface area (Å²) in [5.41, 5.74) is 0. The molecule has 2 rings (SSSR count). The predicted molar refractivity (Wildman–Crippen MR) is 69.1 cm³/mol. The first-order valence-corrected chi connectivity index (χ1v) is 6.32. The normalized spacial score (nSPS) is 15.2. The third kappa shape index (κ3) is 2.81. The Bertz CT molecular complexity index is 379. The van der Waals surface area contributed by atoms with Crippen LogP contribution in [0.5, 0.6) is 0 Å². The smallest absolute Gasteiger partial charge is 0.241 e. The Morgan fingerprint density at radius 2 is 2.25 bits per heavy atom. The molecule has 0 spiro atoms. The van der Waals surface area contributed by atoms with Gasteiger partial charge in [-0.25, -0.2) is 9.97 Å². The molecule has 1 saturated heterocycles. The molecule has 1 aliphatic heterocycles. The Morgan fingerprint density at radius 3 is 2.94 bits per heavy atom. The van der Waals surface area contributed by atoms with E-state index in [2.05, 4.69) is 37.9 Å². The lowest BCUT2D eigenvalue weighted by atomic mass is 10.4. The van der Waals surface area contributed by atoms with E-state index in [1.807, 2.05) is 4.90 Å². The second kappa shape index (κ2) is 5.42. The third-order valence-electron chi connectivity index (χ3n) is 2.53. The fourth-order valence-corrected chi connectivity index (χ4v) is 2.17. The summed E-state index contributed by atoms with van der Waals surface area (Å²) in [6.07, 6.45) is 5.44. The summed E-state index contributed by atoms with van der Waals surface area (Å²) in [6.45, 7) is 2.09. The van der Waals surface area contributed by atoms with Crippen LogP contribution in [-0.2, 0) is 4.79 Å². The van der Waals surface area contributed by atoms with Gasteiger partial charge in [0.05, 0.1) is 10.1 Å². The zero-order valence-corrected chi connectivity index (χ0v) is 11.0. The second-order valence-corrected chi connectivity index (χ2v) is 4.82. The third-order valence-corrected chi connectivity index (χ3v) is 3.32. The summed E-state index contributed by atoms with van der Waals surface area (Å²) < 4.78 is 0.925. The zero-order valence-electron chi connectivity index (χ0n) is 8.82. The highest BCUT2D eigenvalue weighted by atomic mass is 127.